The highest BCUT2D eigenvalue weighted by Crippen LogP contribution is 2.46. The fourth-order valence-electron chi connectivity index (χ4n) is 1.30. The van der Waals surface area contributed by atoms with E-state index in [2.05, 4.69) is 4.74 Å². The normalized spacial score (nSPS) is 13.5. The molecule has 1 nitrogen and oxygen atoms in total. The van der Waals surface area contributed by atoms with Crippen LogP contribution >= 0.6 is 22.6 Å². The summed E-state index contributed by atoms with van der Waals surface area (Å²) in [5.41, 5.74) is -4.75. The lowest BCUT2D eigenvalue weighted by Crippen LogP contribution is -2.23. The topological polar surface area (TPSA) is 9.23 Å². The Hall–Kier alpha value is -0.880. The third-order valence-electron chi connectivity index (χ3n) is 1.88. The molecular weight excluding hydrogens is 422 g/mol. The van der Waals surface area contributed by atoms with E-state index in [1.54, 1.807) is 0 Å². The molecule has 114 valence electrons. The van der Waals surface area contributed by atoms with Gasteiger partial charge in [0.15, 0.2) is 0 Å². The van der Waals surface area contributed by atoms with Crippen LogP contribution < -0.4 is 4.74 Å². The average Bonchev–Trinajstić information content (AvgIpc) is 2.09. The van der Waals surface area contributed by atoms with Crippen molar-refractivity contribution in [2.24, 2.45) is 0 Å². The first-order chi connectivity index (χ1) is 8.72. The number of benzene rings is 1. The molecule has 1 aromatic rings. The van der Waals surface area contributed by atoms with Gasteiger partial charge in [0.05, 0.1) is 5.56 Å². The molecule has 0 spiro atoms. The number of ether oxygens (including phenoxy) is 1. The van der Waals surface area contributed by atoms with Crippen LogP contribution in [0.15, 0.2) is 12.1 Å². The maximum atomic E-state index is 12.6. The summed E-state index contributed by atoms with van der Waals surface area (Å²) in [6.07, 6.45) is -16.7. The maximum Gasteiger partial charge on any atom is 0.573 e. The summed E-state index contributed by atoms with van der Waals surface area (Å²) in [5, 5.41) is 0. The third kappa shape index (κ3) is 4.31. The molecule has 0 atom stereocenters. The zero-order valence-corrected chi connectivity index (χ0v) is 11.0. The van der Waals surface area contributed by atoms with E-state index in [9.17, 15) is 39.5 Å². The number of halogens is 10. The van der Waals surface area contributed by atoms with E-state index in [1.165, 1.54) is 0 Å². The molecule has 0 aliphatic heterocycles. The molecule has 0 N–H and O–H groups in total. The highest BCUT2D eigenvalue weighted by atomic mass is 127. The monoisotopic (exact) mass is 424 g/mol. The smallest absolute Gasteiger partial charge is 0.405 e. The molecule has 0 saturated heterocycles. The van der Waals surface area contributed by atoms with E-state index in [1.807, 2.05) is 0 Å². The first-order valence-corrected chi connectivity index (χ1v) is 5.53. The zero-order chi connectivity index (χ0) is 15.9. The number of rotatable bonds is 1. The van der Waals surface area contributed by atoms with Gasteiger partial charge in [0.25, 0.3) is 0 Å². The van der Waals surface area contributed by atoms with E-state index < -0.39 is 39.2 Å². The van der Waals surface area contributed by atoms with Crippen LogP contribution in [0.5, 0.6) is 5.75 Å². The van der Waals surface area contributed by atoms with E-state index in [0.717, 1.165) is 22.6 Å². The lowest BCUT2D eigenvalue weighted by Gasteiger charge is -2.20. The molecule has 0 aliphatic rings. The second-order valence-corrected chi connectivity index (χ2v) is 4.62. The molecule has 0 aliphatic carbocycles. The highest BCUT2D eigenvalue weighted by molar-refractivity contribution is 14.1. The van der Waals surface area contributed by atoms with Crippen LogP contribution in [-0.4, -0.2) is 6.36 Å². The molecule has 0 unspecified atom stereocenters. The third-order valence-corrected chi connectivity index (χ3v) is 2.50. The summed E-state index contributed by atoms with van der Waals surface area (Å²) in [5.74, 6) is -1.94. The molecule has 0 saturated carbocycles. The van der Waals surface area contributed by atoms with Crippen molar-refractivity contribution in [1.29, 1.82) is 0 Å². The Kier molecular flexibility index (Phi) is 4.42. The fraction of sp³-hybridized carbons (Fsp3) is 0.333. The summed E-state index contributed by atoms with van der Waals surface area (Å²) < 4.78 is 114. The highest BCUT2D eigenvalue weighted by Gasteiger charge is 2.47. The van der Waals surface area contributed by atoms with Crippen LogP contribution in [0, 0.1) is 3.57 Å². The molecule has 0 aromatic heterocycles. The van der Waals surface area contributed by atoms with Gasteiger partial charge in [-0.05, 0) is 34.7 Å². The Balaban J connectivity index is 3.62. The van der Waals surface area contributed by atoms with Crippen molar-refractivity contribution in [2.45, 2.75) is 18.7 Å². The number of hydrogen-bond donors (Lipinski definition) is 0. The molecule has 0 heterocycles. The van der Waals surface area contributed by atoms with E-state index in [4.69, 9.17) is 0 Å². The minimum Gasteiger partial charge on any atom is -0.405 e. The number of alkyl halides is 9. The van der Waals surface area contributed by atoms with Crippen LogP contribution in [0.1, 0.15) is 11.1 Å². The van der Waals surface area contributed by atoms with Gasteiger partial charge in [-0.25, -0.2) is 0 Å². The van der Waals surface area contributed by atoms with Crippen molar-refractivity contribution >= 4 is 22.6 Å². The van der Waals surface area contributed by atoms with E-state index in [-0.39, 0.29) is 12.1 Å². The van der Waals surface area contributed by atoms with E-state index in [0.29, 0.717) is 0 Å². The van der Waals surface area contributed by atoms with E-state index >= 15 is 0 Å². The average molecular weight is 424 g/mol. The number of hydrogen-bond acceptors (Lipinski definition) is 1. The van der Waals surface area contributed by atoms with Crippen LogP contribution in [0.2, 0.25) is 0 Å². The maximum absolute atomic E-state index is 12.6. The van der Waals surface area contributed by atoms with Crippen LogP contribution in [0.25, 0.3) is 0 Å². The van der Waals surface area contributed by atoms with Gasteiger partial charge in [0.1, 0.15) is 11.3 Å². The molecule has 11 heteroatoms. The fourth-order valence-corrected chi connectivity index (χ4v) is 1.90. The van der Waals surface area contributed by atoms with Crippen molar-refractivity contribution in [3.63, 3.8) is 0 Å². The van der Waals surface area contributed by atoms with Gasteiger partial charge < -0.3 is 4.74 Å². The van der Waals surface area contributed by atoms with Crippen LogP contribution in [0.3, 0.4) is 0 Å². The zero-order valence-electron chi connectivity index (χ0n) is 8.84. The molecule has 0 fully saturated rings. The Morgan fingerprint density at radius 3 is 1.65 bits per heavy atom. The van der Waals surface area contributed by atoms with Gasteiger partial charge in [0, 0.05) is 3.57 Å². The van der Waals surface area contributed by atoms with Gasteiger partial charge in [-0.1, -0.05) is 0 Å². The van der Waals surface area contributed by atoms with Gasteiger partial charge in [-0.3, -0.25) is 0 Å². The van der Waals surface area contributed by atoms with Crippen molar-refractivity contribution in [3.05, 3.63) is 26.8 Å². The molecule has 0 bridgehead atoms. The van der Waals surface area contributed by atoms with Gasteiger partial charge in [-0.15, -0.1) is 13.2 Å². The van der Waals surface area contributed by atoms with Gasteiger partial charge >= 0.3 is 18.7 Å². The quantitative estimate of drug-likeness (QED) is 0.444. The molecular formula is C9H2F9IO. The summed E-state index contributed by atoms with van der Waals surface area (Å²) in [6.45, 7) is 0. The Morgan fingerprint density at radius 2 is 1.30 bits per heavy atom. The second kappa shape index (κ2) is 5.15. The SMILES string of the molecule is FC(F)(F)Oc1cc(I)cc(C(F)(F)F)c1C(F)(F)F. The van der Waals surface area contributed by atoms with Crippen molar-refractivity contribution < 1.29 is 44.3 Å². The van der Waals surface area contributed by atoms with Gasteiger partial charge in [-0.2, -0.15) is 26.3 Å². The molecule has 0 amide bonds. The molecule has 1 rings (SSSR count). The molecule has 0 radical (unpaired) electrons. The van der Waals surface area contributed by atoms with Crippen LogP contribution in [-0.2, 0) is 12.4 Å². The summed E-state index contributed by atoms with van der Waals surface area (Å²) in [4.78, 5) is 0. The lowest BCUT2D eigenvalue weighted by molar-refractivity contribution is -0.276. The Morgan fingerprint density at radius 1 is 0.800 bits per heavy atom. The minimum absolute atomic E-state index is 0.0899. The summed E-state index contributed by atoms with van der Waals surface area (Å²) >= 11 is 1.15. The largest absolute Gasteiger partial charge is 0.573 e. The molecule has 1 aromatic carbocycles. The Labute approximate surface area is 118 Å². The Bertz CT molecular complexity index is 500. The van der Waals surface area contributed by atoms with Crippen molar-refractivity contribution in [1.82, 2.24) is 0 Å². The van der Waals surface area contributed by atoms with Crippen molar-refractivity contribution in [2.75, 3.05) is 0 Å². The first-order valence-electron chi connectivity index (χ1n) is 4.45. The van der Waals surface area contributed by atoms with Crippen molar-refractivity contribution in [3.8, 4) is 5.75 Å². The first kappa shape index (κ1) is 17.2. The lowest BCUT2D eigenvalue weighted by atomic mass is 10.1. The second-order valence-electron chi connectivity index (χ2n) is 3.37. The standard InChI is InChI=1S/C9H2F9IO/c10-7(11,12)4-1-3(19)2-5(20-9(16,17)18)6(4)8(13,14)15/h1-2H. The summed E-state index contributed by atoms with van der Waals surface area (Å²) in [6, 6.07) is 0.318. The van der Waals surface area contributed by atoms with Crippen LogP contribution in [0.4, 0.5) is 39.5 Å². The molecule has 20 heavy (non-hydrogen) atoms. The minimum atomic E-state index is -5.66. The predicted octanol–water partition coefficient (Wildman–Crippen LogP) is 5.23. The predicted molar refractivity (Wildman–Crippen MR) is 55.8 cm³/mol. The van der Waals surface area contributed by atoms with Gasteiger partial charge in [0.2, 0.25) is 0 Å². The summed E-state index contributed by atoms with van der Waals surface area (Å²) in [7, 11) is 0.